The van der Waals surface area contributed by atoms with E-state index < -0.39 is 29.7 Å². The lowest BCUT2D eigenvalue weighted by Crippen LogP contribution is -2.23. The van der Waals surface area contributed by atoms with Crippen LogP contribution in [0.15, 0.2) is 48.5 Å². The van der Waals surface area contributed by atoms with Gasteiger partial charge in [0, 0.05) is 0 Å². The average molecular weight is 396 g/mol. The molecule has 0 fully saturated rings. The van der Waals surface area contributed by atoms with E-state index in [1.54, 1.807) is 0 Å². The van der Waals surface area contributed by atoms with E-state index in [4.69, 9.17) is 0 Å². The predicted octanol–water partition coefficient (Wildman–Crippen LogP) is 6.30. The second kappa shape index (κ2) is 9.05. The van der Waals surface area contributed by atoms with Crippen molar-refractivity contribution >= 4 is 0 Å². The van der Waals surface area contributed by atoms with E-state index in [1.165, 1.54) is 36.4 Å². The standard InChI is InChI=1S/C22H26F4NO/c1-21(2,3)12-13-27-19(20(28)16-6-10-18(23)11-7-16)14-15-4-8-17(9-5-15)22(24,25)26/h4-11,19-20,28H,12-14H2,1-3H3/q-1. The molecule has 0 saturated carbocycles. The molecule has 0 aliphatic heterocycles. The molecule has 0 spiro atoms. The molecule has 2 nitrogen and oxygen atoms in total. The minimum absolute atomic E-state index is 0.0727. The first-order chi connectivity index (χ1) is 13.0. The number of aliphatic hydroxyl groups excluding tert-OH is 1. The Kier molecular flexibility index (Phi) is 7.23. The van der Waals surface area contributed by atoms with Gasteiger partial charge in [0.2, 0.25) is 0 Å². The van der Waals surface area contributed by atoms with E-state index >= 15 is 0 Å². The van der Waals surface area contributed by atoms with Gasteiger partial charge in [-0.15, -0.1) is 12.6 Å². The summed E-state index contributed by atoms with van der Waals surface area (Å²) in [5, 5.41) is 15.4. The second-order valence-corrected chi connectivity index (χ2v) is 8.18. The summed E-state index contributed by atoms with van der Waals surface area (Å²) in [4.78, 5) is 0. The van der Waals surface area contributed by atoms with Crippen LogP contribution in [0, 0.1) is 11.2 Å². The monoisotopic (exact) mass is 396 g/mol. The van der Waals surface area contributed by atoms with Crippen molar-refractivity contribution in [3.05, 3.63) is 76.4 Å². The predicted molar refractivity (Wildman–Crippen MR) is 103 cm³/mol. The molecule has 2 atom stereocenters. The topological polar surface area (TPSA) is 34.3 Å². The molecule has 154 valence electrons. The zero-order chi connectivity index (χ0) is 20.9. The molecule has 28 heavy (non-hydrogen) atoms. The summed E-state index contributed by atoms with van der Waals surface area (Å²) in [6.07, 6.45) is -4.25. The molecule has 2 unspecified atom stereocenters. The van der Waals surface area contributed by atoms with Crippen molar-refractivity contribution in [2.45, 2.75) is 51.9 Å². The quantitative estimate of drug-likeness (QED) is 0.548. The first-order valence-electron chi connectivity index (χ1n) is 9.22. The van der Waals surface area contributed by atoms with Gasteiger partial charge in [-0.2, -0.15) is 13.2 Å². The molecule has 0 aromatic heterocycles. The number of nitrogens with zero attached hydrogens (tertiary/aromatic N) is 1. The van der Waals surface area contributed by atoms with E-state index in [1.807, 2.05) is 0 Å². The zero-order valence-corrected chi connectivity index (χ0v) is 16.3. The lowest BCUT2D eigenvalue weighted by atomic mass is 9.91. The Hall–Kier alpha value is -1.92. The molecule has 0 heterocycles. The zero-order valence-electron chi connectivity index (χ0n) is 16.3. The smallest absolute Gasteiger partial charge is 0.416 e. The van der Waals surface area contributed by atoms with Gasteiger partial charge in [0.05, 0.1) is 11.7 Å². The van der Waals surface area contributed by atoms with E-state index in [0.717, 1.165) is 18.6 Å². The Bertz CT molecular complexity index is 733. The molecule has 0 aliphatic carbocycles. The SMILES string of the molecule is CC(C)(C)CC[N-]C(Cc1ccc(C(F)(F)F)cc1)C(O)c1ccc(F)cc1. The molecule has 0 bridgehead atoms. The molecule has 0 saturated heterocycles. The molecule has 2 rings (SSSR count). The summed E-state index contributed by atoms with van der Waals surface area (Å²) in [6, 6.07) is 9.88. The summed E-state index contributed by atoms with van der Waals surface area (Å²) >= 11 is 0. The third-order valence-electron chi connectivity index (χ3n) is 4.53. The number of aliphatic hydroxyl groups is 1. The van der Waals surface area contributed by atoms with Crippen LogP contribution in [0.3, 0.4) is 0 Å². The molecule has 0 aliphatic rings. The van der Waals surface area contributed by atoms with Crippen LogP contribution in [-0.4, -0.2) is 17.7 Å². The molecular formula is C22H26F4NO-. The van der Waals surface area contributed by atoms with Gasteiger partial charge in [-0.25, -0.2) is 4.39 Å². The van der Waals surface area contributed by atoms with Gasteiger partial charge in [-0.3, -0.25) is 0 Å². The van der Waals surface area contributed by atoms with Gasteiger partial charge in [0.15, 0.2) is 0 Å². The molecule has 2 aromatic rings. The average Bonchev–Trinajstić information content (AvgIpc) is 2.59. The number of halogens is 4. The van der Waals surface area contributed by atoms with Gasteiger partial charge >= 0.3 is 6.18 Å². The lowest BCUT2D eigenvalue weighted by molar-refractivity contribution is -0.137. The van der Waals surface area contributed by atoms with Crippen LogP contribution in [0.25, 0.3) is 5.32 Å². The van der Waals surface area contributed by atoms with Crippen molar-refractivity contribution < 1.29 is 22.7 Å². The highest BCUT2D eigenvalue weighted by Crippen LogP contribution is 2.31. The van der Waals surface area contributed by atoms with Crippen molar-refractivity contribution in [3.63, 3.8) is 0 Å². The normalized spacial score (nSPS) is 14.7. The maximum absolute atomic E-state index is 13.2. The molecule has 2 aromatic carbocycles. The number of alkyl halides is 3. The Morgan fingerprint density at radius 3 is 2.00 bits per heavy atom. The van der Waals surface area contributed by atoms with Crippen molar-refractivity contribution in [2.24, 2.45) is 5.41 Å². The molecule has 1 N–H and O–H groups in total. The summed E-state index contributed by atoms with van der Waals surface area (Å²) < 4.78 is 51.4. The first kappa shape index (κ1) is 22.4. The van der Waals surface area contributed by atoms with Crippen LogP contribution in [-0.2, 0) is 12.6 Å². The largest absolute Gasteiger partial charge is 0.657 e. The lowest BCUT2D eigenvalue weighted by Gasteiger charge is -2.38. The van der Waals surface area contributed by atoms with Crippen molar-refractivity contribution in [1.29, 1.82) is 0 Å². The number of hydrogen-bond acceptors (Lipinski definition) is 1. The van der Waals surface area contributed by atoms with Crippen LogP contribution in [0.5, 0.6) is 0 Å². The number of hydrogen-bond donors (Lipinski definition) is 1. The van der Waals surface area contributed by atoms with Gasteiger partial charge < -0.3 is 10.4 Å². The maximum Gasteiger partial charge on any atom is 0.416 e. The minimum Gasteiger partial charge on any atom is -0.657 e. The van der Waals surface area contributed by atoms with Gasteiger partial charge in [0.1, 0.15) is 5.82 Å². The van der Waals surface area contributed by atoms with E-state index in [0.29, 0.717) is 24.1 Å². The molecule has 0 amide bonds. The minimum atomic E-state index is -4.39. The highest BCUT2D eigenvalue weighted by Gasteiger charge is 2.30. The van der Waals surface area contributed by atoms with Crippen LogP contribution in [0.1, 0.15) is 50.0 Å². The second-order valence-electron chi connectivity index (χ2n) is 8.18. The fourth-order valence-corrected chi connectivity index (χ4v) is 2.80. The third kappa shape index (κ3) is 6.91. The fraction of sp³-hybridized carbons (Fsp3) is 0.455. The van der Waals surface area contributed by atoms with Gasteiger partial charge in [-0.05, 0) is 47.2 Å². The highest BCUT2D eigenvalue weighted by atomic mass is 19.4. The Morgan fingerprint density at radius 1 is 0.929 bits per heavy atom. The Morgan fingerprint density at radius 2 is 1.50 bits per heavy atom. The summed E-state index contributed by atoms with van der Waals surface area (Å²) in [5.74, 6) is -0.403. The van der Waals surface area contributed by atoms with Gasteiger partial charge in [0.25, 0.3) is 0 Å². The number of rotatable bonds is 7. The molecule has 0 radical (unpaired) electrons. The fourth-order valence-electron chi connectivity index (χ4n) is 2.80. The highest BCUT2D eigenvalue weighted by molar-refractivity contribution is 5.28. The van der Waals surface area contributed by atoms with Gasteiger partial charge in [-0.1, -0.05) is 51.5 Å². The summed E-state index contributed by atoms with van der Waals surface area (Å²) in [5.41, 5.74) is 0.538. The Balaban J connectivity index is 2.16. The van der Waals surface area contributed by atoms with Crippen LogP contribution in [0.2, 0.25) is 0 Å². The van der Waals surface area contributed by atoms with Crippen molar-refractivity contribution in [3.8, 4) is 0 Å². The summed E-state index contributed by atoms with van der Waals surface area (Å²) in [6.45, 7) is 6.78. The first-order valence-corrected chi connectivity index (χ1v) is 9.22. The van der Waals surface area contributed by atoms with E-state index in [-0.39, 0.29) is 5.41 Å². The number of benzene rings is 2. The Labute approximate surface area is 163 Å². The van der Waals surface area contributed by atoms with Crippen LogP contribution < -0.4 is 0 Å². The van der Waals surface area contributed by atoms with E-state index in [2.05, 4.69) is 26.1 Å². The molecule has 6 heteroatoms. The third-order valence-corrected chi connectivity index (χ3v) is 4.53. The van der Waals surface area contributed by atoms with E-state index in [9.17, 15) is 22.7 Å². The summed E-state index contributed by atoms with van der Waals surface area (Å²) in [7, 11) is 0. The van der Waals surface area contributed by atoms with Crippen LogP contribution in [0.4, 0.5) is 17.6 Å². The van der Waals surface area contributed by atoms with Crippen molar-refractivity contribution in [2.75, 3.05) is 6.54 Å². The maximum atomic E-state index is 13.2. The van der Waals surface area contributed by atoms with Crippen LogP contribution >= 0.6 is 0 Å². The molecular weight excluding hydrogens is 370 g/mol. The van der Waals surface area contributed by atoms with Crippen molar-refractivity contribution in [1.82, 2.24) is 0 Å².